The summed E-state index contributed by atoms with van der Waals surface area (Å²) in [6, 6.07) is 0. The lowest BCUT2D eigenvalue weighted by Crippen LogP contribution is -2.18. The number of hydrogen-bond donors (Lipinski definition) is 1. The van der Waals surface area contributed by atoms with Gasteiger partial charge in [0, 0.05) is 12.8 Å². The summed E-state index contributed by atoms with van der Waals surface area (Å²) in [7, 11) is 0. The van der Waals surface area contributed by atoms with E-state index in [9.17, 15) is 9.59 Å². The summed E-state index contributed by atoms with van der Waals surface area (Å²) < 4.78 is 6.05. The second-order valence-corrected chi connectivity index (χ2v) is 17.0. The quantitative estimate of drug-likeness (QED) is 0.0497. The molecule has 4 heteroatoms. The molecule has 1 atom stereocenters. The maximum atomic E-state index is 12.8. The first-order valence-electron chi connectivity index (χ1n) is 24.5. The summed E-state index contributed by atoms with van der Waals surface area (Å²) in [5.74, 6) is -0.681. The first kappa shape index (κ1) is 51.9. The van der Waals surface area contributed by atoms with Crippen molar-refractivity contribution in [3.63, 3.8) is 0 Å². The minimum atomic E-state index is -0.694. The van der Waals surface area contributed by atoms with Gasteiger partial charge in [0.05, 0.1) is 0 Å². The molecule has 0 aromatic rings. The topological polar surface area (TPSA) is 63.6 Å². The average molecular weight is 749 g/mol. The average Bonchev–Trinajstić information content (AvgIpc) is 3.14. The number of aliphatic carboxylic acids is 1. The largest absolute Gasteiger partial charge is 0.481 e. The van der Waals surface area contributed by atoms with Crippen LogP contribution in [0.15, 0.2) is 0 Å². The van der Waals surface area contributed by atoms with Crippen molar-refractivity contribution in [3.8, 4) is 0 Å². The summed E-state index contributed by atoms with van der Waals surface area (Å²) in [6.07, 6.45) is 55.9. The Labute approximate surface area is 332 Å². The molecule has 0 aromatic carbocycles. The van der Waals surface area contributed by atoms with Gasteiger partial charge in [0.2, 0.25) is 0 Å². The highest BCUT2D eigenvalue weighted by Gasteiger charge is 2.14. The van der Waals surface area contributed by atoms with Crippen LogP contribution in [0.3, 0.4) is 0 Å². The Morgan fingerprint density at radius 1 is 0.340 bits per heavy atom. The van der Waals surface area contributed by atoms with E-state index >= 15 is 0 Å². The van der Waals surface area contributed by atoms with E-state index in [2.05, 4.69) is 13.8 Å². The van der Waals surface area contributed by atoms with E-state index in [0.717, 1.165) is 64.2 Å². The van der Waals surface area contributed by atoms with Gasteiger partial charge < -0.3 is 9.84 Å². The fourth-order valence-corrected chi connectivity index (χ4v) is 7.95. The number of unbranched alkanes of at least 4 members (excludes halogenated alkanes) is 37. The van der Waals surface area contributed by atoms with Gasteiger partial charge in [0.1, 0.15) is 6.10 Å². The maximum Gasteiger partial charge on any atom is 0.306 e. The molecule has 0 radical (unpaired) electrons. The molecule has 0 spiro atoms. The minimum absolute atomic E-state index is 0.0133. The molecule has 0 bridgehead atoms. The zero-order valence-corrected chi connectivity index (χ0v) is 36.4. The molecule has 0 saturated carbocycles. The number of carbonyl (C=O) groups is 2. The van der Waals surface area contributed by atoms with Crippen molar-refractivity contribution in [2.24, 2.45) is 0 Å². The molecule has 0 aliphatic heterocycles. The normalized spacial score (nSPS) is 12.0. The Kier molecular flexibility index (Phi) is 44.4. The molecule has 0 fully saturated rings. The van der Waals surface area contributed by atoms with Gasteiger partial charge in [-0.05, 0) is 38.5 Å². The number of carboxylic acids is 1. The van der Waals surface area contributed by atoms with Crippen molar-refractivity contribution < 1.29 is 19.4 Å². The van der Waals surface area contributed by atoms with Gasteiger partial charge in [0.15, 0.2) is 0 Å². The Hall–Kier alpha value is -1.06. The van der Waals surface area contributed by atoms with Gasteiger partial charge in [-0.25, -0.2) is 0 Å². The molecule has 4 nitrogen and oxygen atoms in total. The van der Waals surface area contributed by atoms with Gasteiger partial charge in [-0.1, -0.05) is 245 Å². The number of carbonyl (C=O) groups excluding carboxylic acids is 1. The zero-order valence-electron chi connectivity index (χ0n) is 36.4. The Morgan fingerprint density at radius 3 is 0.830 bits per heavy atom. The van der Waals surface area contributed by atoms with Crippen LogP contribution in [-0.4, -0.2) is 23.1 Å². The molecule has 0 aromatic heterocycles. The molecular weight excluding hydrogens is 653 g/mol. The number of rotatable bonds is 46. The molecule has 0 saturated heterocycles. The highest BCUT2D eigenvalue weighted by atomic mass is 16.5. The van der Waals surface area contributed by atoms with Crippen LogP contribution in [0, 0.1) is 0 Å². The highest BCUT2D eigenvalue weighted by molar-refractivity contribution is 5.69. The minimum Gasteiger partial charge on any atom is -0.481 e. The second kappa shape index (κ2) is 45.3. The molecular formula is C49H96O4. The third kappa shape index (κ3) is 45.2. The number of ether oxygens (including phenoxy) is 1. The third-order valence-corrected chi connectivity index (χ3v) is 11.6. The van der Waals surface area contributed by atoms with Crippen LogP contribution in [0.2, 0.25) is 0 Å². The number of hydrogen-bond acceptors (Lipinski definition) is 3. The molecule has 1 N–H and O–H groups in total. The third-order valence-electron chi connectivity index (χ3n) is 11.6. The summed E-state index contributed by atoms with van der Waals surface area (Å²) >= 11 is 0. The van der Waals surface area contributed by atoms with Crippen LogP contribution in [0.1, 0.15) is 296 Å². The molecule has 0 rings (SSSR count). The van der Waals surface area contributed by atoms with Crippen molar-refractivity contribution >= 4 is 11.9 Å². The number of esters is 1. The van der Waals surface area contributed by atoms with Gasteiger partial charge in [-0.15, -0.1) is 0 Å². The summed E-state index contributed by atoms with van der Waals surface area (Å²) in [5.41, 5.74) is 0. The van der Waals surface area contributed by atoms with Crippen molar-refractivity contribution in [2.45, 2.75) is 302 Å². The van der Waals surface area contributed by atoms with Gasteiger partial charge in [-0.3, -0.25) is 9.59 Å². The van der Waals surface area contributed by atoms with Crippen molar-refractivity contribution in [3.05, 3.63) is 0 Å². The van der Waals surface area contributed by atoms with Gasteiger partial charge >= 0.3 is 11.9 Å². The van der Waals surface area contributed by atoms with Gasteiger partial charge in [-0.2, -0.15) is 0 Å². The van der Waals surface area contributed by atoms with Crippen LogP contribution in [0.5, 0.6) is 0 Å². The van der Waals surface area contributed by atoms with Crippen molar-refractivity contribution in [2.75, 3.05) is 0 Å². The molecule has 0 aliphatic rings. The Morgan fingerprint density at radius 2 is 0.566 bits per heavy atom. The summed E-state index contributed by atoms with van der Waals surface area (Å²) in [5, 5.41) is 8.85. The molecule has 316 valence electrons. The lowest BCUT2D eigenvalue weighted by atomic mass is 10.0. The zero-order chi connectivity index (χ0) is 38.6. The molecule has 53 heavy (non-hydrogen) atoms. The molecule has 1 unspecified atom stereocenters. The van der Waals surface area contributed by atoms with E-state index < -0.39 is 5.97 Å². The van der Waals surface area contributed by atoms with Crippen LogP contribution in [0.25, 0.3) is 0 Å². The van der Waals surface area contributed by atoms with E-state index in [-0.39, 0.29) is 18.5 Å². The van der Waals surface area contributed by atoms with E-state index in [1.54, 1.807) is 0 Å². The van der Waals surface area contributed by atoms with E-state index in [1.165, 1.54) is 205 Å². The predicted octanol–water partition coefficient (Wildman–Crippen LogP) is 17.2. The van der Waals surface area contributed by atoms with Crippen LogP contribution >= 0.6 is 0 Å². The highest BCUT2D eigenvalue weighted by Crippen LogP contribution is 2.20. The lowest BCUT2D eigenvalue weighted by Gasteiger charge is -2.18. The smallest absolute Gasteiger partial charge is 0.306 e. The fraction of sp³-hybridized carbons (Fsp3) is 0.959. The lowest BCUT2D eigenvalue weighted by molar-refractivity contribution is -0.150. The SMILES string of the molecule is CCCCCCCCCCCCCCCCCCCCCCCCC(=O)OC(CCCCCCCCCCCCCCC)CCCCCCCC(=O)O. The first-order chi connectivity index (χ1) is 26.1. The fourth-order valence-electron chi connectivity index (χ4n) is 7.95. The van der Waals surface area contributed by atoms with Crippen LogP contribution in [0.4, 0.5) is 0 Å². The van der Waals surface area contributed by atoms with Crippen LogP contribution in [-0.2, 0) is 14.3 Å². The van der Waals surface area contributed by atoms with Crippen molar-refractivity contribution in [1.82, 2.24) is 0 Å². The maximum absolute atomic E-state index is 12.8. The molecule has 0 amide bonds. The van der Waals surface area contributed by atoms with E-state index in [1.807, 2.05) is 0 Å². The van der Waals surface area contributed by atoms with Crippen molar-refractivity contribution in [1.29, 1.82) is 0 Å². The van der Waals surface area contributed by atoms with Gasteiger partial charge in [0.25, 0.3) is 0 Å². The van der Waals surface area contributed by atoms with Crippen LogP contribution < -0.4 is 0 Å². The monoisotopic (exact) mass is 749 g/mol. The van der Waals surface area contributed by atoms with E-state index in [4.69, 9.17) is 9.84 Å². The molecule has 0 aliphatic carbocycles. The second-order valence-electron chi connectivity index (χ2n) is 17.0. The molecule has 0 heterocycles. The first-order valence-corrected chi connectivity index (χ1v) is 24.5. The standard InChI is InChI=1S/C49H96O4/c1-3-5-7-9-11-13-15-17-18-19-20-21-22-23-24-25-27-29-31-33-38-42-46-49(52)53-47(44-40-36-34-37-41-45-48(50)51)43-39-35-32-30-28-26-16-14-12-10-8-6-4-2/h47H,3-46H2,1-2H3,(H,50,51). The predicted molar refractivity (Wildman–Crippen MR) is 232 cm³/mol. The Balaban J connectivity index is 3.84. The van der Waals surface area contributed by atoms with E-state index in [0.29, 0.717) is 6.42 Å². The number of carboxylic acid groups (broad SMARTS) is 1. The Bertz CT molecular complexity index is 721. The summed E-state index contributed by atoms with van der Waals surface area (Å²) in [6.45, 7) is 4.58. The summed E-state index contributed by atoms with van der Waals surface area (Å²) in [4.78, 5) is 23.5.